The molecule has 0 unspecified atom stereocenters. The molecule has 6 nitrogen and oxygen atoms in total. The molecule has 4 aromatic rings. The van der Waals surface area contributed by atoms with Gasteiger partial charge in [-0.3, -0.25) is 19.4 Å². The van der Waals surface area contributed by atoms with E-state index >= 15 is 0 Å². The molecule has 0 spiro atoms. The first-order valence-corrected chi connectivity index (χ1v) is 11.7. The predicted molar refractivity (Wildman–Crippen MR) is 121 cm³/mol. The van der Waals surface area contributed by atoms with Crippen molar-refractivity contribution in [2.75, 3.05) is 12.8 Å². The number of hydrogen-bond acceptors (Lipinski definition) is 6. The Morgan fingerprint density at radius 2 is 1.93 bits per heavy atom. The van der Waals surface area contributed by atoms with Crippen LogP contribution < -0.4 is 0 Å². The summed E-state index contributed by atoms with van der Waals surface area (Å²) in [6, 6.07) is 15.4. The van der Waals surface area contributed by atoms with Gasteiger partial charge in [0.15, 0.2) is 4.96 Å². The maximum absolute atomic E-state index is 10.8. The number of nitro benzene ring substituents is 1. The minimum Gasteiger partial charge on any atom is -0.294 e. The Labute approximate surface area is 182 Å². The molecule has 0 amide bonds. The summed E-state index contributed by atoms with van der Waals surface area (Å²) in [5, 5.41) is 10.8. The van der Waals surface area contributed by atoms with E-state index in [0.29, 0.717) is 0 Å². The van der Waals surface area contributed by atoms with Gasteiger partial charge in [-0.15, -0.1) is 11.8 Å². The predicted octanol–water partition coefficient (Wildman–Crippen LogP) is 5.25. The van der Waals surface area contributed by atoms with Crippen molar-refractivity contribution in [1.82, 2.24) is 14.3 Å². The van der Waals surface area contributed by atoms with Crippen molar-refractivity contribution in [2.45, 2.75) is 24.4 Å². The molecule has 0 atom stereocenters. The third-order valence-corrected chi connectivity index (χ3v) is 7.30. The Morgan fingerprint density at radius 3 is 2.63 bits per heavy atom. The third-order valence-electron chi connectivity index (χ3n) is 5.47. The summed E-state index contributed by atoms with van der Waals surface area (Å²) in [5.41, 5.74) is 4.76. The van der Waals surface area contributed by atoms with Gasteiger partial charge in [0.2, 0.25) is 0 Å². The fourth-order valence-electron chi connectivity index (χ4n) is 3.88. The van der Waals surface area contributed by atoms with E-state index in [-0.39, 0.29) is 10.6 Å². The Bertz CT molecular complexity index is 1210. The number of nitrogens with zero attached hydrogens (tertiary/aromatic N) is 4. The van der Waals surface area contributed by atoms with Crippen molar-refractivity contribution in [1.29, 1.82) is 0 Å². The number of fused-ring (bicyclic) bond motifs is 3. The summed E-state index contributed by atoms with van der Waals surface area (Å²) in [4.78, 5) is 21.4. The molecule has 2 aromatic carbocycles. The maximum atomic E-state index is 10.8. The summed E-state index contributed by atoms with van der Waals surface area (Å²) in [6.45, 7) is 2.65. The van der Waals surface area contributed by atoms with Gasteiger partial charge in [-0.25, -0.2) is 4.98 Å². The van der Waals surface area contributed by atoms with Crippen LogP contribution in [-0.4, -0.2) is 32.0 Å². The van der Waals surface area contributed by atoms with Crippen LogP contribution in [0.3, 0.4) is 0 Å². The van der Waals surface area contributed by atoms with Gasteiger partial charge in [0.05, 0.1) is 10.6 Å². The molecule has 152 valence electrons. The summed E-state index contributed by atoms with van der Waals surface area (Å²) in [5.74, 6) is 0. The highest BCUT2D eigenvalue weighted by molar-refractivity contribution is 7.98. The number of aromatic nitrogens is 2. The molecule has 1 aliphatic heterocycles. The minimum atomic E-state index is -0.357. The Hall–Kier alpha value is -2.68. The van der Waals surface area contributed by atoms with Crippen LogP contribution in [0.2, 0.25) is 0 Å². The molecule has 0 aliphatic carbocycles. The summed E-state index contributed by atoms with van der Waals surface area (Å²) >= 11 is 3.50. The van der Waals surface area contributed by atoms with Crippen LogP contribution >= 0.6 is 23.1 Å². The van der Waals surface area contributed by atoms with Gasteiger partial charge in [-0.05, 0) is 24.0 Å². The van der Waals surface area contributed by atoms with E-state index in [9.17, 15) is 10.1 Å². The lowest BCUT2D eigenvalue weighted by molar-refractivity contribution is -0.384. The van der Waals surface area contributed by atoms with Gasteiger partial charge in [-0.1, -0.05) is 35.6 Å². The molecule has 0 saturated carbocycles. The zero-order valence-electron chi connectivity index (χ0n) is 16.4. The van der Waals surface area contributed by atoms with E-state index in [4.69, 9.17) is 4.98 Å². The zero-order valence-corrected chi connectivity index (χ0v) is 18.1. The smallest absolute Gasteiger partial charge is 0.269 e. The Balaban J connectivity index is 1.33. The number of hydrogen-bond donors (Lipinski definition) is 0. The number of thioether (sulfide) groups is 1. The van der Waals surface area contributed by atoms with Crippen molar-refractivity contribution in [3.05, 3.63) is 81.0 Å². The van der Waals surface area contributed by atoms with Gasteiger partial charge in [0, 0.05) is 65.4 Å². The van der Waals surface area contributed by atoms with Crippen molar-refractivity contribution >= 4 is 33.7 Å². The number of non-ortho nitro benzene ring substituents is 1. The SMILES string of the molecule is CSc1ccc(-c2cn3c4c(sc3n2)CN(Cc2ccc([N+](=O)[O-])cc2)CC4)cc1. The van der Waals surface area contributed by atoms with Crippen LogP contribution in [0.1, 0.15) is 16.1 Å². The first-order valence-electron chi connectivity index (χ1n) is 9.70. The average Bonchev–Trinajstić information content (AvgIpc) is 3.32. The third kappa shape index (κ3) is 3.62. The number of imidazole rings is 1. The van der Waals surface area contributed by atoms with E-state index in [1.54, 1.807) is 35.2 Å². The Kier molecular flexibility index (Phi) is 5.06. The standard InChI is InChI=1S/C22H20N4O2S2/c1-29-18-8-4-16(5-9-18)19-13-25-20-10-11-24(14-21(20)30-22(25)23-19)12-15-2-6-17(7-3-15)26(27)28/h2-9,13H,10-12,14H2,1H3. The second kappa shape index (κ2) is 7.86. The lowest BCUT2D eigenvalue weighted by Crippen LogP contribution is -2.29. The van der Waals surface area contributed by atoms with Crippen LogP contribution in [0.5, 0.6) is 0 Å². The largest absolute Gasteiger partial charge is 0.294 e. The molecule has 0 fully saturated rings. The highest BCUT2D eigenvalue weighted by atomic mass is 32.2. The minimum absolute atomic E-state index is 0.137. The lowest BCUT2D eigenvalue weighted by atomic mass is 10.1. The first kappa shape index (κ1) is 19.3. The van der Waals surface area contributed by atoms with E-state index in [1.807, 2.05) is 12.1 Å². The fraction of sp³-hybridized carbons (Fsp3) is 0.227. The normalized spacial score (nSPS) is 14.2. The fourth-order valence-corrected chi connectivity index (χ4v) is 5.48. The molecule has 3 heterocycles. The lowest BCUT2D eigenvalue weighted by Gasteiger charge is -2.26. The molecule has 2 aromatic heterocycles. The summed E-state index contributed by atoms with van der Waals surface area (Å²) in [7, 11) is 0. The molecular weight excluding hydrogens is 416 g/mol. The van der Waals surface area contributed by atoms with Crippen molar-refractivity contribution < 1.29 is 4.92 Å². The van der Waals surface area contributed by atoms with Crippen LogP contribution in [-0.2, 0) is 19.5 Å². The van der Waals surface area contributed by atoms with Crippen LogP contribution in [0.4, 0.5) is 5.69 Å². The molecule has 0 saturated heterocycles. The average molecular weight is 437 g/mol. The molecule has 1 aliphatic rings. The Morgan fingerprint density at radius 1 is 1.17 bits per heavy atom. The molecule has 8 heteroatoms. The van der Waals surface area contributed by atoms with Gasteiger partial charge in [0.25, 0.3) is 5.69 Å². The highest BCUT2D eigenvalue weighted by Crippen LogP contribution is 2.32. The van der Waals surface area contributed by atoms with E-state index in [1.165, 1.54) is 15.5 Å². The van der Waals surface area contributed by atoms with E-state index in [0.717, 1.165) is 47.8 Å². The number of nitro groups is 1. The molecule has 0 bridgehead atoms. The maximum Gasteiger partial charge on any atom is 0.269 e. The molecule has 0 radical (unpaired) electrons. The van der Waals surface area contributed by atoms with Gasteiger partial charge in [-0.2, -0.15) is 0 Å². The number of rotatable bonds is 5. The monoisotopic (exact) mass is 436 g/mol. The molecule has 0 N–H and O–H groups in total. The van der Waals surface area contributed by atoms with Crippen molar-refractivity contribution in [3.63, 3.8) is 0 Å². The van der Waals surface area contributed by atoms with Crippen LogP contribution in [0.15, 0.2) is 59.6 Å². The van der Waals surface area contributed by atoms with Crippen molar-refractivity contribution in [2.24, 2.45) is 0 Å². The molecular formula is C22H20N4O2S2. The second-order valence-electron chi connectivity index (χ2n) is 7.36. The molecule has 30 heavy (non-hydrogen) atoms. The van der Waals surface area contributed by atoms with E-state index < -0.39 is 0 Å². The van der Waals surface area contributed by atoms with E-state index in [2.05, 4.69) is 46.0 Å². The highest BCUT2D eigenvalue weighted by Gasteiger charge is 2.23. The van der Waals surface area contributed by atoms with Gasteiger partial charge in [0.1, 0.15) is 0 Å². The number of benzene rings is 2. The summed E-state index contributed by atoms with van der Waals surface area (Å²) in [6.07, 6.45) is 5.22. The van der Waals surface area contributed by atoms with Crippen LogP contribution in [0, 0.1) is 10.1 Å². The molecule has 5 rings (SSSR count). The van der Waals surface area contributed by atoms with Gasteiger partial charge < -0.3 is 0 Å². The van der Waals surface area contributed by atoms with Crippen LogP contribution in [0.25, 0.3) is 16.2 Å². The topological polar surface area (TPSA) is 63.7 Å². The first-order chi connectivity index (χ1) is 14.6. The number of thiazole rings is 1. The second-order valence-corrected chi connectivity index (χ2v) is 9.31. The van der Waals surface area contributed by atoms with Crippen molar-refractivity contribution in [3.8, 4) is 11.3 Å². The summed E-state index contributed by atoms with van der Waals surface area (Å²) < 4.78 is 2.25. The quantitative estimate of drug-likeness (QED) is 0.243. The zero-order chi connectivity index (χ0) is 20.7. The van der Waals surface area contributed by atoms with Gasteiger partial charge >= 0.3 is 0 Å².